The molecule has 4 nitrogen and oxygen atoms in total. The van der Waals surface area contributed by atoms with Gasteiger partial charge in [0.2, 0.25) is 17.4 Å². The lowest BCUT2D eigenvalue weighted by Gasteiger charge is -2.21. The maximum atomic E-state index is 15.6. The number of fused-ring (bicyclic) bond motifs is 3. The van der Waals surface area contributed by atoms with Crippen LogP contribution in [0.5, 0.6) is 11.5 Å². The van der Waals surface area contributed by atoms with Crippen LogP contribution in [-0.2, 0) is 10.1 Å². The Morgan fingerprint density at radius 1 is 0.412 bits per heavy atom. The highest BCUT2D eigenvalue weighted by Gasteiger charge is 2.32. The zero-order valence-corrected chi connectivity index (χ0v) is 27.1. The fourth-order valence-corrected chi connectivity index (χ4v) is 7.04. The Morgan fingerprint density at radius 2 is 0.784 bits per heavy atom. The van der Waals surface area contributed by atoms with E-state index in [-0.39, 0.29) is 5.75 Å². The second-order valence-corrected chi connectivity index (χ2v) is 13.4. The third-order valence-electron chi connectivity index (χ3n) is 8.93. The minimum Gasteiger partial charge on any atom is -0.744 e. The van der Waals surface area contributed by atoms with Crippen LogP contribution in [0.4, 0.5) is 17.6 Å². The van der Waals surface area contributed by atoms with Gasteiger partial charge >= 0.3 is 0 Å². The van der Waals surface area contributed by atoms with Crippen LogP contribution in [0.15, 0.2) is 144 Å². The van der Waals surface area contributed by atoms with Gasteiger partial charge in [0.15, 0.2) is 11.6 Å². The predicted molar refractivity (Wildman–Crippen MR) is 190 cm³/mol. The second-order valence-electron chi connectivity index (χ2n) is 12.1. The fraction of sp³-hybridized carbons (Fsp3) is 0. The van der Waals surface area contributed by atoms with Crippen molar-refractivity contribution in [3.63, 3.8) is 0 Å². The van der Waals surface area contributed by atoms with Crippen LogP contribution in [0.25, 0.3) is 65.7 Å². The number of halogens is 4. The summed E-state index contributed by atoms with van der Waals surface area (Å²) < 4.78 is 102. The van der Waals surface area contributed by atoms with E-state index in [0.717, 1.165) is 37.9 Å². The largest absolute Gasteiger partial charge is 0.744 e. The van der Waals surface area contributed by atoms with E-state index in [2.05, 4.69) is 0 Å². The molecule has 0 spiro atoms. The van der Waals surface area contributed by atoms with Crippen molar-refractivity contribution in [2.75, 3.05) is 0 Å². The smallest absolute Gasteiger partial charge is 0.205 e. The SMILES string of the molecule is O=S(=O)([O-])c1c(F)c(F)c(Oc2c(-c3ccc4ccccc4c3)cc(-c3ccc4ccccc4c3)cc2-c2ccc3ccccc3c2)c(F)c1F. The van der Waals surface area contributed by atoms with Crippen LogP contribution in [0.1, 0.15) is 0 Å². The third kappa shape index (κ3) is 5.76. The van der Waals surface area contributed by atoms with E-state index in [9.17, 15) is 13.0 Å². The van der Waals surface area contributed by atoms with E-state index in [0.29, 0.717) is 27.8 Å². The van der Waals surface area contributed by atoms with Crippen molar-refractivity contribution in [1.82, 2.24) is 0 Å². The molecule has 0 N–H and O–H groups in total. The van der Waals surface area contributed by atoms with E-state index in [1.165, 1.54) is 0 Å². The molecule has 0 atom stereocenters. The number of benzene rings is 8. The van der Waals surface area contributed by atoms with Gasteiger partial charge in [0, 0.05) is 11.1 Å². The lowest BCUT2D eigenvalue weighted by molar-refractivity contribution is 0.346. The van der Waals surface area contributed by atoms with Gasteiger partial charge in [-0.1, -0.05) is 109 Å². The Bertz CT molecular complexity index is 2690. The number of hydrogen-bond donors (Lipinski definition) is 0. The first kappa shape index (κ1) is 32.2. The third-order valence-corrected chi connectivity index (χ3v) is 9.79. The van der Waals surface area contributed by atoms with Crippen molar-refractivity contribution in [2.24, 2.45) is 0 Å². The second kappa shape index (κ2) is 12.4. The number of hydrogen-bond acceptors (Lipinski definition) is 4. The fourth-order valence-electron chi connectivity index (χ4n) is 6.42. The molecule has 8 rings (SSSR count). The Labute approximate surface area is 289 Å². The minimum atomic E-state index is -5.93. The van der Waals surface area contributed by atoms with Gasteiger partial charge in [-0.15, -0.1) is 0 Å². The van der Waals surface area contributed by atoms with Gasteiger partial charge in [-0.25, -0.2) is 17.2 Å². The molecule has 0 unspecified atom stereocenters. The first-order valence-corrected chi connectivity index (χ1v) is 17.1. The van der Waals surface area contributed by atoms with Crippen molar-refractivity contribution >= 4 is 42.4 Å². The molecule has 0 fully saturated rings. The van der Waals surface area contributed by atoms with Gasteiger partial charge in [0.05, 0.1) is 0 Å². The monoisotopic (exact) mass is 699 g/mol. The molecule has 0 saturated heterocycles. The molecule has 0 aliphatic heterocycles. The Kier molecular flexibility index (Phi) is 7.82. The highest BCUT2D eigenvalue weighted by molar-refractivity contribution is 7.85. The van der Waals surface area contributed by atoms with Crippen LogP contribution >= 0.6 is 0 Å². The average Bonchev–Trinajstić information content (AvgIpc) is 3.14. The van der Waals surface area contributed by atoms with Crippen LogP contribution in [0.2, 0.25) is 0 Å². The lowest BCUT2D eigenvalue weighted by Crippen LogP contribution is -2.11. The summed E-state index contributed by atoms with van der Waals surface area (Å²) in [6.07, 6.45) is 0. The molecule has 51 heavy (non-hydrogen) atoms. The summed E-state index contributed by atoms with van der Waals surface area (Å²) in [5, 5.41) is 5.50. The normalized spacial score (nSPS) is 11.8. The lowest BCUT2D eigenvalue weighted by atomic mass is 9.90. The van der Waals surface area contributed by atoms with Crippen molar-refractivity contribution in [1.29, 1.82) is 0 Å². The Balaban J connectivity index is 1.46. The maximum Gasteiger partial charge on any atom is 0.205 e. The standard InChI is InChI=1S/C42H24F4O4S/c43-36-38(45)42(51(47,48)49)39(46)37(44)41(36)50-40-34(31-17-14-25-8-2-5-11-28(25)20-31)22-33(30-16-13-24-7-1-4-10-27(24)19-30)23-35(40)32-18-15-26-9-3-6-12-29(26)21-32/h1-23H,(H,47,48,49)/p-1. The highest BCUT2D eigenvalue weighted by Crippen LogP contribution is 2.47. The molecule has 0 aromatic heterocycles. The van der Waals surface area contributed by atoms with Crippen molar-refractivity contribution < 1.29 is 35.3 Å². The van der Waals surface area contributed by atoms with Crippen molar-refractivity contribution in [3.8, 4) is 44.9 Å². The van der Waals surface area contributed by atoms with Crippen LogP contribution in [-0.4, -0.2) is 13.0 Å². The number of rotatable bonds is 6. The van der Waals surface area contributed by atoms with Gasteiger partial charge < -0.3 is 9.29 Å². The summed E-state index contributed by atoms with van der Waals surface area (Å²) in [5.41, 5.74) is 3.24. The average molecular weight is 700 g/mol. The summed E-state index contributed by atoms with van der Waals surface area (Å²) in [6.45, 7) is 0. The van der Waals surface area contributed by atoms with Crippen LogP contribution in [0, 0.1) is 23.3 Å². The molecule has 0 heterocycles. The Hall–Kier alpha value is -6.03. The summed E-state index contributed by atoms with van der Waals surface area (Å²) in [5.74, 6) is -10.8. The maximum absolute atomic E-state index is 15.6. The van der Waals surface area contributed by atoms with Gasteiger partial charge in [0.25, 0.3) is 0 Å². The molecule has 250 valence electrons. The van der Waals surface area contributed by atoms with Crippen molar-refractivity contribution in [3.05, 3.63) is 163 Å². The molecule has 0 aliphatic carbocycles. The van der Waals surface area contributed by atoms with Gasteiger partial charge in [0.1, 0.15) is 20.8 Å². The van der Waals surface area contributed by atoms with E-state index >= 15 is 17.6 Å². The molecule has 0 amide bonds. The first-order valence-electron chi connectivity index (χ1n) is 15.7. The van der Waals surface area contributed by atoms with Crippen molar-refractivity contribution in [2.45, 2.75) is 4.90 Å². The molecule has 0 saturated carbocycles. The van der Waals surface area contributed by atoms with Gasteiger partial charge in [-0.05, 0) is 84.9 Å². The summed E-state index contributed by atoms with van der Waals surface area (Å²) in [6, 6.07) is 43.4. The zero-order chi connectivity index (χ0) is 35.4. The van der Waals surface area contributed by atoms with E-state index in [1.807, 2.05) is 115 Å². The van der Waals surface area contributed by atoms with Crippen LogP contribution in [0.3, 0.4) is 0 Å². The number of ether oxygens (including phenoxy) is 1. The minimum absolute atomic E-state index is 0.167. The van der Waals surface area contributed by atoms with Crippen LogP contribution < -0.4 is 4.74 Å². The van der Waals surface area contributed by atoms with Gasteiger partial charge in [-0.2, -0.15) is 8.78 Å². The summed E-state index contributed by atoms with van der Waals surface area (Å²) >= 11 is 0. The molecular formula is C42H23F4O4S-. The molecule has 9 heteroatoms. The Morgan fingerprint density at radius 3 is 1.20 bits per heavy atom. The molecule has 0 bridgehead atoms. The summed E-state index contributed by atoms with van der Waals surface area (Å²) in [4.78, 5) is -2.26. The topological polar surface area (TPSA) is 66.4 Å². The zero-order valence-electron chi connectivity index (χ0n) is 26.3. The molecular weight excluding hydrogens is 677 g/mol. The molecule has 0 aliphatic rings. The molecule has 8 aromatic carbocycles. The van der Waals surface area contributed by atoms with E-state index < -0.39 is 44.0 Å². The molecule has 0 radical (unpaired) electrons. The summed E-state index contributed by atoms with van der Waals surface area (Å²) in [7, 11) is -5.93. The van der Waals surface area contributed by atoms with Gasteiger partial charge in [-0.3, -0.25) is 0 Å². The highest BCUT2D eigenvalue weighted by atomic mass is 32.2. The quantitative estimate of drug-likeness (QED) is 0.0984. The van der Waals surface area contributed by atoms with E-state index in [4.69, 9.17) is 4.74 Å². The molecule has 8 aromatic rings. The first-order chi connectivity index (χ1) is 24.6. The van der Waals surface area contributed by atoms with E-state index in [1.54, 1.807) is 24.3 Å². The predicted octanol–water partition coefficient (Wildman–Crippen LogP) is 11.4.